The Labute approximate surface area is 96.9 Å². The smallest absolute Gasteiger partial charge is 0.223 e. The lowest BCUT2D eigenvalue weighted by atomic mass is 10.1. The number of hydrogen-bond donors (Lipinski definition) is 1. The van der Waals surface area contributed by atoms with Crippen LogP contribution >= 0.6 is 0 Å². The Balaban J connectivity index is 2.41. The molecule has 1 amide bonds. The van der Waals surface area contributed by atoms with Gasteiger partial charge in [0.1, 0.15) is 0 Å². The molecular formula is C11H22N2O3. The van der Waals surface area contributed by atoms with E-state index in [0.29, 0.717) is 32.7 Å². The molecule has 0 aromatic heterocycles. The molecule has 0 aliphatic carbocycles. The van der Waals surface area contributed by atoms with Crippen LogP contribution in [0, 0.1) is 5.92 Å². The van der Waals surface area contributed by atoms with Crippen molar-refractivity contribution in [3.63, 3.8) is 0 Å². The van der Waals surface area contributed by atoms with Gasteiger partial charge in [0, 0.05) is 26.2 Å². The predicted octanol–water partition coefficient (Wildman–Crippen LogP) is 0.193. The zero-order valence-electron chi connectivity index (χ0n) is 10.1. The molecule has 0 spiro atoms. The summed E-state index contributed by atoms with van der Waals surface area (Å²) >= 11 is 0. The van der Waals surface area contributed by atoms with Crippen molar-refractivity contribution in [2.45, 2.75) is 26.6 Å². The minimum Gasteiger partial charge on any atom is -0.351 e. The van der Waals surface area contributed by atoms with Gasteiger partial charge in [0.15, 0.2) is 6.29 Å². The molecule has 1 rings (SSSR count). The van der Waals surface area contributed by atoms with Crippen LogP contribution in [-0.4, -0.2) is 49.9 Å². The number of amides is 1. The Morgan fingerprint density at radius 1 is 1.44 bits per heavy atom. The molecule has 94 valence electrons. The van der Waals surface area contributed by atoms with Gasteiger partial charge in [-0.25, -0.2) is 0 Å². The topological polar surface area (TPSA) is 64.8 Å². The first-order valence-corrected chi connectivity index (χ1v) is 5.92. The number of nitrogens with zero attached hydrogens (tertiary/aromatic N) is 1. The standard InChI is InChI=1S/C11H22N2O3/c1-3-15-11(16-4-2)8-13-7-9(6-12)5-10(13)14/h9,11H,3-8,12H2,1-2H3. The van der Waals surface area contributed by atoms with Crippen LogP contribution < -0.4 is 5.73 Å². The number of hydrogen-bond acceptors (Lipinski definition) is 4. The number of carbonyl (C=O) groups is 1. The molecule has 2 N–H and O–H groups in total. The van der Waals surface area contributed by atoms with Crippen LogP contribution in [0.15, 0.2) is 0 Å². The minimum atomic E-state index is -0.310. The van der Waals surface area contributed by atoms with Crippen molar-refractivity contribution in [3.05, 3.63) is 0 Å². The first-order valence-electron chi connectivity index (χ1n) is 5.92. The Kier molecular flexibility index (Phi) is 5.73. The Hall–Kier alpha value is -0.650. The van der Waals surface area contributed by atoms with Crippen molar-refractivity contribution in [1.29, 1.82) is 0 Å². The molecule has 1 fully saturated rings. The Morgan fingerprint density at radius 3 is 2.50 bits per heavy atom. The van der Waals surface area contributed by atoms with Gasteiger partial charge in [-0.05, 0) is 26.3 Å². The molecule has 1 unspecified atom stereocenters. The van der Waals surface area contributed by atoms with Gasteiger partial charge < -0.3 is 20.1 Å². The zero-order valence-corrected chi connectivity index (χ0v) is 10.1. The highest BCUT2D eigenvalue weighted by molar-refractivity contribution is 5.78. The number of likely N-dealkylation sites (tertiary alicyclic amines) is 1. The van der Waals surface area contributed by atoms with Crippen molar-refractivity contribution in [3.8, 4) is 0 Å². The van der Waals surface area contributed by atoms with Crippen molar-refractivity contribution in [2.75, 3.05) is 32.8 Å². The molecule has 1 atom stereocenters. The molecule has 1 aliphatic rings. The van der Waals surface area contributed by atoms with E-state index >= 15 is 0 Å². The van der Waals surface area contributed by atoms with E-state index in [0.717, 1.165) is 6.54 Å². The van der Waals surface area contributed by atoms with Crippen LogP contribution in [0.25, 0.3) is 0 Å². The molecular weight excluding hydrogens is 208 g/mol. The molecule has 0 radical (unpaired) electrons. The molecule has 5 nitrogen and oxygen atoms in total. The molecule has 16 heavy (non-hydrogen) atoms. The summed E-state index contributed by atoms with van der Waals surface area (Å²) in [5.41, 5.74) is 5.57. The van der Waals surface area contributed by atoms with Crippen LogP contribution in [0.4, 0.5) is 0 Å². The maximum atomic E-state index is 11.6. The summed E-state index contributed by atoms with van der Waals surface area (Å²) in [6.45, 7) is 6.82. The minimum absolute atomic E-state index is 0.153. The third-order valence-corrected chi connectivity index (χ3v) is 2.70. The van der Waals surface area contributed by atoms with Gasteiger partial charge >= 0.3 is 0 Å². The lowest BCUT2D eigenvalue weighted by Crippen LogP contribution is -2.37. The quantitative estimate of drug-likeness (QED) is 0.634. The fourth-order valence-corrected chi connectivity index (χ4v) is 1.89. The average molecular weight is 230 g/mol. The fraction of sp³-hybridized carbons (Fsp3) is 0.909. The van der Waals surface area contributed by atoms with Gasteiger partial charge in [0.05, 0.1) is 6.54 Å². The maximum absolute atomic E-state index is 11.6. The third kappa shape index (κ3) is 3.73. The van der Waals surface area contributed by atoms with E-state index in [2.05, 4.69) is 0 Å². The lowest BCUT2D eigenvalue weighted by molar-refractivity contribution is -0.155. The highest BCUT2D eigenvalue weighted by Gasteiger charge is 2.30. The van der Waals surface area contributed by atoms with E-state index in [1.54, 1.807) is 4.90 Å². The molecule has 1 saturated heterocycles. The summed E-state index contributed by atoms with van der Waals surface area (Å²) in [5.74, 6) is 0.441. The first-order chi connectivity index (χ1) is 7.71. The summed E-state index contributed by atoms with van der Waals surface area (Å²) in [4.78, 5) is 13.4. The number of ether oxygens (including phenoxy) is 2. The van der Waals surface area contributed by atoms with Crippen LogP contribution in [0.5, 0.6) is 0 Å². The Bertz CT molecular complexity index is 217. The Morgan fingerprint density at radius 2 is 2.06 bits per heavy atom. The van der Waals surface area contributed by atoms with Gasteiger partial charge in [-0.15, -0.1) is 0 Å². The second-order valence-corrected chi connectivity index (χ2v) is 3.94. The molecule has 0 saturated carbocycles. The molecule has 0 aromatic rings. The predicted molar refractivity (Wildman–Crippen MR) is 60.8 cm³/mol. The summed E-state index contributed by atoms with van der Waals surface area (Å²) in [6.07, 6.45) is 0.247. The normalized spacial score (nSPS) is 21.1. The zero-order chi connectivity index (χ0) is 12.0. The number of rotatable bonds is 7. The number of nitrogens with two attached hydrogens (primary N) is 1. The molecule has 0 bridgehead atoms. The molecule has 1 aliphatic heterocycles. The van der Waals surface area contributed by atoms with E-state index in [1.807, 2.05) is 13.8 Å². The van der Waals surface area contributed by atoms with Crippen molar-refractivity contribution in [2.24, 2.45) is 11.7 Å². The van der Waals surface area contributed by atoms with E-state index < -0.39 is 0 Å². The van der Waals surface area contributed by atoms with Crippen molar-refractivity contribution >= 4 is 5.91 Å². The lowest BCUT2D eigenvalue weighted by Gasteiger charge is -2.23. The van der Waals surface area contributed by atoms with E-state index in [1.165, 1.54) is 0 Å². The van der Waals surface area contributed by atoms with E-state index in [-0.39, 0.29) is 18.1 Å². The SMILES string of the molecule is CCOC(CN1CC(CN)CC1=O)OCC. The van der Waals surface area contributed by atoms with E-state index in [4.69, 9.17) is 15.2 Å². The maximum Gasteiger partial charge on any atom is 0.223 e. The van der Waals surface area contributed by atoms with Gasteiger partial charge in [-0.2, -0.15) is 0 Å². The highest BCUT2D eigenvalue weighted by Crippen LogP contribution is 2.17. The third-order valence-electron chi connectivity index (χ3n) is 2.70. The number of carbonyl (C=O) groups excluding carboxylic acids is 1. The van der Waals surface area contributed by atoms with Crippen LogP contribution in [0.1, 0.15) is 20.3 Å². The fourth-order valence-electron chi connectivity index (χ4n) is 1.89. The van der Waals surface area contributed by atoms with Crippen LogP contribution in [0.3, 0.4) is 0 Å². The van der Waals surface area contributed by atoms with Gasteiger partial charge in [-0.3, -0.25) is 4.79 Å². The van der Waals surface area contributed by atoms with Gasteiger partial charge in [-0.1, -0.05) is 0 Å². The van der Waals surface area contributed by atoms with Crippen molar-refractivity contribution in [1.82, 2.24) is 4.90 Å². The largest absolute Gasteiger partial charge is 0.351 e. The van der Waals surface area contributed by atoms with Crippen molar-refractivity contribution < 1.29 is 14.3 Å². The highest BCUT2D eigenvalue weighted by atomic mass is 16.7. The molecule has 1 heterocycles. The second-order valence-electron chi connectivity index (χ2n) is 3.94. The summed E-state index contributed by atoms with van der Waals surface area (Å²) in [5, 5.41) is 0. The average Bonchev–Trinajstić information content (AvgIpc) is 2.60. The molecule has 0 aromatic carbocycles. The molecule has 5 heteroatoms. The van der Waals surface area contributed by atoms with Crippen LogP contribution in [0.2, 0.25) is 0 Å². The second kappa shape index (κ2) is 6.83. The summed E-state index contributed by atoms with van der Waals surface area (Å²) < 4.78 is 10.8. The van der Waals surface area contributed by atoms with E-state index in [9.17, 15) is 4.79 Å². The van der Waals surface area contributed by atoms with Crippen LogP contribution in [-0.2, 0) is 14.3 Å². The van der Waals surface area contributed by atoms with Gasteiger partial charge in [0.2, 0.25) is 5.91 Å². The van der Waals surface area contributed by atoms with Gasteiger partial charge in [0.25, 0.3) is 0 Å². The summed E-state index contributed by atoms with van der Waals surface area (Å²) in [7, 11) is 0. The first kappa shape index (κ1) is 13.4. The monoisotopic (exact) mass is 230 g/mol. The summed E-state index contributed by atoms with van der Waals surface area (Å²) in [6, 6.07) is 0.